The molecule has 4 rings (SSSR count). The second kappa shape index (κ2) is 8.43. The van der Waals surface area contributed by atoms with Gasteiger partial charge in [0.1, 0.15) is 5.75 Å². The number of hydrogen-bond donors (Lipinski definition) is 0. The molecule has 6 nitrogen and oxygen atoms in total. The zero-order chi connectivity index (χ0) is 20.4. The molecule has 1 saturated heterocycles. The van der Waals surface area contributed by atoms with Crippen LogP contribution in [0.1, 0.15) is 35.0 Å². The van der Waals surface area contributed by atoms with Crippen LogP contribution in [-0.4, -0.2) is 41.1 Å². The summed E-state index contributed by atoms with van der Waals surface area (Å²) in [6.45, 7) is 1.20. The Hall–Kier alpha value is -2.57. The van der Waals surface area contributed by atoms with Gasteiger partial charge in [-0.3, -0.25) is 4.79 Å². The number of carbonyl (C=O) groups excluding carboxylic acids is 1. The van der Waals surface area contributed by atoms with Crippen molar-refractivity contribution < 1.29 is 14.1 Å². The van der Waals surface area contributed by atoms with Gasteiger partial charge in [0, 0.05) is 40.2 Å². The van der Waals surface area contributed by atoms with Gasteiger partial charge in [0.15, 0.2) is 0 Å². The Morgan fingerprint density at radius 1 is 1.14 bits per heavy atom. The second-order valence-corrected chi connectivity index (χ2v) is 7.79. The number of hydrogen-bond acceptors (Lipinski definition) is 5. The standard InChI is InChI=1S/C21H19Cl2N3O3/c1-28-18-4-2-3-14(11-18)19-24-20(29-25-19)13-5-7-26(8-6-13)21(27)15-9-16(22)12-17(23)10-15/h2-4,9-13H,5-8H2,1H3. The fraction of sp³-hybridized carbons (Fsp3) is 0.286. The van der Waals surface area contributed by atoms with Crippen molar-refractivity contribution in [1.82, 2.24) is 15.0 Å². The predicted molar refractivity (Wildman–Crippen MR) is 111 cm³/mol. The molecule has 0 unspecified atom stereocenters. The average Bonchev–Trinajstić information content (AvgIpc) is 3.23. The maximum atomic E-state index is 12.7. The van der Waals surface area contributed by atoms with E-state index in [0.717, 1.165) is 24.2 Å². The van der Waals surface area contributed by atoms with Gasteiger partial charge in [-0.25, -0.2) is 0 Å². The van der Waals surface area contributed by atoms with Crippen molar-refractivity contribution >= 4 is 29.1 Å². The molecule has 0 aliphatic carbocycles. The van der Waals surface area contributed by atoms with Gasteiger partial charge in [-0.2, -0.15) is 4.98 Å². The van der Waals surface area contributed by atoms with Crippen molar-refractivity contribution in [2.24, 2.45) is 0 Å². The van der Waals surface area contributed by atoms with Crippen molar-refractivity contribution in [2.75, 3.05) is 20.2 Å². The largest absolute Gasteiger partial charge is 0.497 e. The second-order valence-electron chi connectivity index (χ2n) is 6.91. The summed E-state index contributed by atoms with van der Waals surface area (Å²) < 4.78 is 10.7. The Balaban J connectivity index is 1.42. The number of methoxy groups -OCH3 is 1. The molecule has 0 bridgehead atoms. The number of halogens is 2. The Morgan fingerprint density at radius 3 is 2.55 bits per heavy atom. The summed E-state index contributed by atoms with van der Waals surface area (Å²) in [5.41, 5.74) is 1.34. The third-order valence-electron chi connectivity index (χ3n) is 5.01. The van der Waals surface area contributed by atoms with Gasteiger partial charge in [-0.15, -0.1) is 0 Å². The molecular weight excluding hydrogens is 413 g/mol. The molecule has 29 heavy (non-hydrogen) atoms. The number of rotatable bonds is 4. The summed E-state index contributed by atoms with van der Waals surface area (Å²) in [4.78, 5) is 19.1. The average molecular weight is 432 g/mol. The molecule has 2 heterocycles. The molecule has 0 spiro atoms. The highest BCUT2D eigenvalue weighted by atomic mass is 35.5. The number of aromatic nitrogens is 2. The van der Waals surface area contributed by atoms with E-state index in [1.165, 1.54) is 0 Å². The van der Waals surface area contributed by atoms with E-state index in [1.54, 1.807) is 30.2 Å². The van der Waals surface area contributed by atoms with Crippen molar-refractivity contribution in [1.29, 1.82) is 0 Å². The fourth-order valence-corrected chi connectivity index (χ4v) is 4.00. The van der Waals surface area contributed by atoms with E-state index in [0.29, 0.717) is 40.4 Å². The lowest BCUT2D eigenvalue weighted by Gasteiger charge is -2.30. The number of piperidine rings is 1. The lowest BCUT2D eigenvalue weighted by molar-refractivity contribution is 0.0704. The van der Waals surface area contributed by atoms with Crippen LogP contribution in [0.15, 0.2) is 47.0 Å². The number of ether oxygens (including phenoxy) is 1. The number of benzene rings is 2. The number of amides is 1. The minimum absolute atomic E-state index is 0.0737. The van der Waals surface area contributed by atoms with Crippen molar-refractivity contribution in [2.45, 2.75) is 18.8 Å². The third-order valence-corrected chi connectivity index (χ3v) is 5.45. The maximum absolute atomic E-state index is 12.7. The summed E-state index contributed by atoms with van der Waals surface area (Å²) in [6.07, 6.45) is 1.50. The molecule has 150 valence electrons. The highest BCUT2D eigenvalue weighted by molar-refractivity contribution is 6.35. The Morgan fingerprint density at radius 2 is 1.86 bits per heavy atom. The molecule has 1 aromatic heterocycles. The fourth-order valence-electron chi connectivity index (χ4n) is 3.47. The zero-order valence-corrected chi connectivity index (χ0v) is 17.3. The van der Waals surface area contributed by atoms with Crippen molar-refractivity contribution in [3.63, 3.8) is 0 Å². The molecular formula is C21H19Cl2N3O3. The van der Waals surface area contributed by atoms with Crippen molar-refractivity contribution in [3.8, 4) is 17.1 Å². The molecule has 0 saturated carbocycles. The summed E-state index contributed by atoms with van der Waals surface area (Å²) in [7, 11) is 1.62. The molecule has 2 aromatic carbocycles. The summed E-state index contributed by atoms with van der Waals surface area (Å²) >= 11 is 12.0. The molecule has 1 aliphatic heterocycles. The number of carbonyl (C=O) groups is 1. The summed E-state index contributed by atoms with van der Waals surface area (Å²) in [5.74, 6) is 1.91. The van der Waals surface area contributed by atoms with E-state index in [2.05, 4.69) is 10.1 Å². The molecule has 1 aliphatic rings. The lowest BCUT2D eigenvalue weighted by Crippen LogP contribution is -2.38. The van der Waals surface area contributed by atoms with Gasteiger partial charge in [0.2, 0.25) is 11.7 Å². The Labute approximate surface area is 178 Å². The molecule has 3 aromatic rings. The van der Waals surface area contributed by atoms with E-state index >= 15 is 0 Å². The van der Waals surface area contributed by atoms with Gasteiger partial charge >= 0.3 is 0 Å². The van der Waals surface area contributed by atoms with Gasteiger partial charge in [0.25, 0.3) is 5.91 Å². The number of nitrogens with zero attached hydrogens (tertiary/aromatic N) is 3. The molecule has 0 atom stereocenters. The molecule has 0 radical (unpaired) electrons. The molecule has 1 amide bonds. The monoisotopic (exact) mass is 431 g/mol. The van der Waals surface area contributed by atoms with E-state index in [1.807, 2.05) is 24.3 Å². The van der Waals surface area contributed by atoms with Crippen LogP contribution in [0.25, 0.3) is 11.4 Å². The Bertz CT molecular complexity index is 1010. The van der Waals surface area contributed by atoms with E-state index in [4.69, 9.17) is 32.5 Å². The van der Waals surface area contributed by atoms with Crippen LogP contribution < -0.4 is 4.74 Å². The van der Waals surface area contributed by atoms with E-state index in [-0.39, 0.29) is 11.8 Å². The summed E-state index contributed by atoms with van der Waals surface area (Å²) in [5, 5.41) is 5.01. The van der Waals surface area contributed by atoms with Crippen LogP contribution in [0.3, 0.4) is 0 Å². The van der Waals surface area contributed by atoms with Crippen molar-refractivity contribution in [3.05, 3.63) is 64.0 Å². The van der Waals surface area contributed by atoms with Crippen LogP contribution in [0.4, 0.5) is 0 Å². The first-order valence-electron chi connectivity index (χ1n) is 9.27. The zero-order valence-electron chi connectivity index (χ0n) is 15.8. The number of likely N-dealkylation sites (tertiary alicyclic amines) is 1. The molecule has 1 fully saturated rings. The minimum Gasteiger partial charge on any atom is -0.497 e. The van der Waals surface area contributed by atoms with Crippen LogP contribution in [0, 0.1) is 0 Å². The first kappa shape index (κ1) is 19.7. The first-order chi connectivity index (χ1) is 14.0. The molecule has 8 heteroatoms. The quantitative estimate of drug-likeness (QED) is 0.576. The normalized spacial score (nSPS) is 14.8. The van der Waals surface area contributed by atoms with E-state index < -0.39 is 0 Å². The SMILES string of the molecule is COc1cccc(-c2noc(C3CCN(C(=O)c4cc(Cl)cc(Cl)c4)CC3)n2)c1. The lowest BCUT2D eigenvalue weighted by atomic mass is 9.96. The first-order valence-corrected chi connectivity index (χ1v) is 10.0. The Kier molecular flexibility index (Phi) is 5.74. The highest BCUT2D eigenvalue weighted by Crippen LogP contribution is 2.30. The topological polar surface area (TPSA) is 68.5 Å². The van der Waals surface area contributed by atoms with Crippen LogP contribution in [0.5, 0.6) is 5.75 Å². The predicted octanol–water partition coefficient (Wildman–Crippen LogP) is 5.07. The van der Waals surface area contributed by atoms with Crippen LogP contribution in [0.2, 0.25) is 10.0 Å². The van der Waals surface area contributed by atoms with E-state index in [9.17, 15) is 4.79 Å². The smallest absolute Gasteiger partial charge is 0.253 e. The van der Waals surface area contributed by atoms with Gasteiger partial charge < -0.3 is 14.2 Å². The molecule has 0 N–H and O–H groups in total. The summed E-state index contributed by atoms with van der Waals surface area (Å²) in [6, 6.07) is 12.4. The third kappa shape index (κ3) is 4.38. The van der Waals surface area contributed by atoms with Gasteiger partial charge in [-0.1, -0.05) is 40.5 Å². The van der Waals surface area contributed by atoms with Crippen LogP contribution >= 0.6 is 23.2 Å². The van der Waals surface area contributed by atoms with Gasteiger partial charge in [0.05, 0.1) is 7.11 Å². The van der Waals surface area contributed by atoms with Gasteiger partial charge in [-0.05, 0) is 43.2 Å². The van der Waals surface area contributed by atoms with Crippen LogP contribution in [-0.2, 0) is 0 Å². The highest BCUT2D eigenvalue weighted by Gasteiger charge is 2.28. The minimum atomic E-state index is -0.0737. The maximum Gasteiger partial charge on any atom is 0.253 e.